The molecule has 1 rings (SSSR count). The molecular weight excluding hydrogens is 225 g/mol. The van der Waals surface area contributed by atoms with Gasteiger partial charge in [-0.25, -0.2) is 8.60 Å². The summed E-state index contributed by atoms with van der Waals surface area (Å²) in [5.41, 5.74) is 0.867. The van der Waals surface area contributed by atoms with Crippen molar-refractivity contribution in [3.8, 4) is 0 Å². The minimum Gasteiger partial charge on any atom is -0.234 e. The van der Waals surface area contributed by atoms with E-state index in [1.54, 1.807) is 25.1 Å². The average Bonchev–Trinajstić information content (AvgIpc) is 2.16. The van der Waals surface area contributed by atoms with E-state index in [2.05, 4.69) is 4.40 Å². The summed E-state index contributed by atoms with van der Waals surface area (Å²) in [4.78, 5) is 0. The van der Waals surface area contributed by atoms with Crippen LogP contribution in [0.5, 0.6) is 0 Å². The van der Waals surface area contributed by atoms with Crippen LogP contribution in [0.4, 0.5) is 4.39 Å². The Morgan fingerprint density at radius 1 is 1.31 bits per heavy atom. The van der Waals surface area contributed by atoms with Gasteiger partial charge in [0.15, 0.2) is 0 Å². The number of hydrogen-bond acceptors (Lipinski definition) is 1. The minimum absolute atomic E-state index is 0.338. The highest BCUT2D eigenvalue weighted by molar-refractivity contribution is 7.85. The first kappa shape index (κ1) is 13.0. The lowest BCUT2D eigenvalue weighted by Gasteiger charge is -2.14. The predicted octanol–water partition coefficient (Wildman–Crippen LogP) is 3.10. The Morgan fingerprint density at radius 3 is 2.38 bits per heavy atom. The molecule has 0 aliphatic carbocycles. The largest absolute Gasteiger partial charge is 0.234 e. The lowest BCUT2D eigenvalue weighted by Crippen LogP contribution is -2.20. The SMILES string of the molecule is CC(=N[S@](=O)C(C)(C)C)c1ccccc1F. The number of benzene rings is 1. The number of hydrogen-bond donors (Lipinski definition) is 0. The van der Waals surface area contributed by atoms with Crippen molar-refractivity contribution in [1.82, 2.24) is 0 Å². The molecule has 88 valence electrons. The van der Waals surface area contributed by atoms with Gasteiger partial charge in [0.25, 0.3) is 0 Å². The molecule has 2 nitrogen and oxygen atoms in total. The molecule has 16 heavy (non-hydrogen) atoms. The molecule has 0 fully saturated rings. The summed E-state index contributed by atoms with van der Waals surface area (Å²) in [5.74, 6) is -0.338. The minimum atomic E-state index is -1.35. The summed E-state index contributed by atoms with van der Waals surface area (Å²) < 4.78 is 28.8. The van der Waals surface area contributed by atoms with Crippen molar-refractivity contribution in [2.24, 2.45) is 4.40 Å². The Labute approximate surface area is 98.2 Å². The first-order valence-electron chi connectivity index (χ1n) is 5.04. The van der Waals surface area contributed by atoms with E-state index in [4.69, 9.17) is 0 Å². The molecule has 0 N–H and O–H groups in total. The van der Waals surface area contributed by atoms with Crippen LogP contribution < -0.4 is 0 Å². The zero-order valence-corrected chi connectivity index (χ0v) is 10.8. The summed E-state index contributed by atoms with van der Waals surface area (Å²) in [6, 6.07) is 6.35. The monoisotopic (exact) mass is 241 g/mol. The van der Waals surface area contributed by atoms with E-state index >= 15 is 0 Å². The van der Waals surface area contributed by atoms with Crippen LogP contribution in [0.1, 0.15) is 33.3 Å². The molecule has 0 spiro atoms. The van der Waals surface area contributed by atoms with Crippen LogP contribution in [0.25, 0.3) is 0 Å². The summed E-state index contributed by atoms with van der Waals surface area (Å²) in [5, 5.41) is 0. The van der Waals surface area contributed by atoms with Crippen LogP contribution in [0.3, 0.4) is 0 Å². The van der Waals surface area contributed by atoms with Crippen molar-refractivity contribution in [2.45, 2.75) is 32.4 Å². The summed E-state index contributed by atoms with van der Waals surface area (Å²) in [6.45, 7) is 7.17. The maximum atomic E-state index is 13.4. The van der Waals surface area contributed by atoms with Crippen molar-refractivity contribution < 1.29 is 8.60 Å². The molecule has 0 saturated heterocycles. The number of nitrogens with zero attached hydrogens (tertiary/aromatic N) is 1. The molecule has 0 radical (unpaired) electrons. The quantitative estimate of drug-likeness (QED) is 0.732. The zero-order valence-electron chi connectivity index (χ0n) is 9.95. The van der Waals surface area contributed by atoms with E-state index in [-0.39, 0.29) is 5.82 Å². The Bertz CT molecular complexity index is 435. The van der Waals surface area contributed by atoms with Gasteiger partial charge in [-0.05, 0) is 33.8 Å². The highest BCUT2D eigenvalue weighted by atomic mass is 32.2. The molecule has 0 aromatic heterocycles. The lowest BCUT2D eigenvalue weighted by atomic mass is 10.1. The Kier molecular flexibility index (Phi) is 3.97. The topological polar surface area (TPSA) is 29.4 Å². The second-order valence-electron chi connectivity index (χ2n) is 4.52. The second kappa shape index (κ2) is 4.87. The van der Waals surface area contributed by atoms with E-state index in [9.17, 15) is 8.60 Å². The molecule has 0 unspecified atom stereocenters. The van der Waals surface area contributed by atoms with Gasteiger partial charge in [0, 0.05) is 5.56 Å². The molecule has 0 heterocycles. The molecule has 0 bridgehead atoms. The van der Waals surface area contributed by atoms with Gasteiger partial charge in [-0.2, -0.15) is 4.40 Å². The van der Waals surface area contributed by atoms with Crippen LogP contribution in [-0.2, 0) is 11.0 Å². The van der Waals surface area contributed by atoms with Crippen molar-refractivity contribution >= 4 is 16.7 Å². The van der Waals surface area contributed by atoms with Gasteiger partial charge in [0.1, 0.15) is 16.8 Å². The predicted molar refractivity (Wildman–Crippen MR) is 66.5 cm³/mol. The van der Waals surface area contributed by atoms with Crippen molar-refractivity contribution in [2.75, 3.05) is 0 Å². The molecule has 1 atom stereocenters. The first-order valence-corrected chi connectivity index (χ1v) is 6.15. The van der Waals surface area contributed by atoms with Crippen molar-refractivity contribution in [1.29, 1.82) is 0 Å². The van der Waals surface area contributed by atoms with Gasteiger partial charge >= 0.3 is 0 Å². The molecule has 0 aliphatic heterocycles. The number of rotatable bonds is 2. The van der Waals surface area contributed by atoms with Gasteiger partial charge in [-0.3, -0.25) is 0 Å². The Morgan fingerprint density at radius 2 is 1.88 bits per heavy atom. The molecular formula is C12H16FNOS. The van der Waals surface area contributed by atoms with Gasteiger partial charge in [-0.15, -0.1) is 0 Å². The molecule has 0 saturated carbocycles. The van der Waals surface area contributed by atoms with Crippen LogP contribution >= 0.6 is 0 Å². The second-order valence-corrected chi connectivity index (χ2v) is 6.42. The van der Waals surface area contributed by atoms with Crippen LogP contribution in [0, 0.1) is 5.82 Å². The molecule has 0 aliphatic rings. The summed E-state index contributed by atoms with van der Waals surface area (Å²) in [7, 11) is -1.35. The molecule has 1 aromatic rings. The Hall–Kier alpha value is -1.03. The van der Waals surface area contributed by atoms with E-state index in [0.717, 1.165) is 0 Å². The fraction of sp³-hybridized carbons (Fsp3) is 0.417. The molecule has 4 heteroatoms. The maximum absolute atomic E-state index is 13.4. The highest BCUT2D eigenvalue weighted by Gasteiger charge is 2.19. The molecule has 0 amide bonds. The third-order valence-electron chi connectivity index (χ3n) is 2.01. The Balaban J connectivity index is 3.04. The van der Waals surface area contributed by atoms with Gasteiger partial charge < -0.3 is 0 Å². The highest BCUT2D eigenvalue weighted by Crippen LogP contribution is 2.15. The van der Waals surface area contributed by atoms with Crippen LogP contribution in [0.15, 0.2) is 28.7 Å². The lowest BCUT2D eigenvalue weighted by molar-refractivity contribution is 0.625. The summed E-state index contributed by atoms with van der Waals surface area (Å²) >= 11 is 0. The van der Waals surface area contributed by atoms with E-state index in [1.807, 2.05) is 20.8 Å². The molecule has 1 aromatic carbocycles. The average molecular weight is 241 g/mol. The van der Waals surface area contributed by atoms with Gasteiger partial charge in [0.05, 0.1) is 10.5 Å². The fourth-order valence-electron chi connectivity index (χ4n) is 1.07. The third kappa shape index (κ3) is 3.23. The fourth-order valence-corrected chi connectivity index (χ4v) is 1.69. The first-order chi connectivity index (χ1) is 7.32. The normalized spacial score (nSPS) is 14.9. The van der Waals surface area contributed by atoms with Crippen LogP contribution in [-0.4, -0.2) is 14.7 Å². The van der Waals surface area contributed by atoms with Gasteiger partial charge in [0.2, 0.25) is 0 Å². The van der Waals surface area contributed by atoms with E-state index < -0.39 is 15.7 Å². The van der Waals surface area contributed by atoms with Gasteiger partial charge in [-0.1, -0.05) is 18.2 Å². The third-order valence-corrected chi connectivity index (χ3v) is 3.49. The van der Waals surface area contributed by atoms with E-state index in [1.165, 1.54) is 6.07 Å². The van der Waals surface area contributed by atoms with E-state index in [0.29, 0.717) is 11.3 Å². The maximum Gasteiger partial charge on any atom is 0.145 e. The standard InChI is InChI=1S/C12H16FNOS/c1-9(14-16(15)12(2,3)4)10-7-5-6-8-11(10)13/h5-8H,1-4H3/t16-/m1/s1. The van der Waals surface area contributed by atoms with Crippen molar-refractivity contribution in [3.63, 3.8) is 0 Å². The summed E-state index contributed by atoms with van der Waals surface area (Å²) in [6.07, 6.45) is 0. The smallest absolute Gasteiger partial charge is 0.145 e. The van der Waals surface area contributed by atoms with Crippen molar-refractivity contribution in [3.05, 3.63) is 35.6 Å². The van der Waals surface area contributed by atoms with Crippen LogP contribution in [0.2, 0.25) is 0 Å². The number of halogens is 1. The zero-order chi connectivity index (χ0) is 12.3.